The Bertz CT molecular complexity index is 1220. The van der Waals surface area contributed by atoms with Gasteiger partial charge in [0.05, 0.1) is 17.1 Å². The number of aryl methyl sites for hydroxylation is 1. The quantitative estimate of drug-likeness (QED) is 0.406. The van der Waals surface area contributed by atoms with Crippen LogP contribution < -0.4 is 5.32 Å². The molecule has 154 valence electrons. The van der Waals surface area contributed by atoms with E-state index in [1.165, 1.54) is 0 Å². The highest BCUT2D eigenvalue weighted by Crippen LogP contribution is 2.23. The standard InChI is InChI=1S/C22H24N6OS/c1-13(2)19(20-23-16-9-4-5-10-17(16)24-20)25-18(29)12-28-21(26-27-22(28)30)15-8-6-7-14(3)11-15/h4-11,13,19H,12H2,1-3H3,(H,23,24)(H,25,29)(H,27,30). The molecule has 0 aliphatic heterocycles. The van der Waals surface area contributed by atoms with Crippen LogP contribution in [0.15, 0.2) is 48.5 Å². The van der Waals surface area contributed by atoms with Gasteiger partial charge in [-0.25, -0.2) is 4.98 Å². The Morgan fingerprint density at radius 1 is 1.20 bits per heavy atom. The topological polar surface area (TPSA) is 91.4 Å². The number of fused-ring (bicyclic) bond motifs is 1. The summed E-state index contributed by atoms with van der Waals surface area (Å²) >= 11 is 5.37. The van der Waals surface area contributed by atoms with Crippen LogP contribution in [-0.4, -0.2) is 30.6 Å². The molecular weight excluding hydrogens is 396 g/mol. The number of aromatic amines is 2. The maximum absolute atomic E-state index is 13.0. The highest BCUT2D eigenvalue weighted by atomic mass is 32.1. The van der Waals surface area contributed by atoms with Crippen molar-refractivity contribution in [1.29, 1.82) is 0 Å². The Hall–Kier alpha value is -3.26. The van der Waals surface area contributed by atoms with Crippen molar-refractivity contribution in [2.24, 2.45) is 5.92 Å². The van der Waals surface area contributed by atoms with Gasteiger partial charge in [0.15, 0.2) is 10.6 Å². The van der Waals surface area contributed by atoms with Gasteiger partial charge in [-0.05, 0) is 43.3 Å². The Morgan fingerprint density at radius 3 is 2.73 bits per heavy atom. The summed E-state index contributed by atoms with van der Waals surface area (Å²) in [5.41, 5.74) is 3.85. The summed E-state index contributed by atoms with van der Waals surface area (Å²) < 4.78 is 2.13. The number of nitrogens with one attached hydrogen (secondary N) is 3. The van der Waals surface area contributed by atoms with E-state index in [0.717, 1.165) is 28.0 Å². The van der Waals surface area contributed by atoms with Gasteiger partial charge in [-0.2, -0.15) is 5.10 Å². The fourth-order valence-corrected chi connectivity index (χ4v) is 3.70. The maximum Gasteiger partial charge on any atom is 0.240 e. The van der Waals surface area contributed by atoms with E-state index in [0.29, 0.717) is 10.6 Å². The third-order valence-corrected chi connectivity index (χ3v) is 5.33. The molecule has 2 heterocycles. The van der Waals surface area contributed by atoms with Gasteiger partial charge in [0, 0.05) is 5.56 Å². The first-order valence-electron chi connectivity index (χ1n) is 9.88. The third kappa shape index (κ3) is 4.04. The van der Waals surface area contributed by atoms with Crippen molar-refractivity contribution in [3.63, 3.8) is 0 Å². The van der Waals surface area contributed by atoms with Gasteiger partial charge in [-0.3, -0.25) is 14.5 Å². The molecule has 8 heteroatoms. The molecule has 0 spiro atoms. The van der Waals surface area contributed by atoms with E-state index < -0.39 is 0 Å². The zero-order valence-corrected chi connectivity index (χ0v) is 18.0. The van der Waals surface area contributed by atoms with Crippen LogP contribution in [0.4, 0.5) is 0 Å². The molecule has 2 aromatic heterocycles. The van der Waals surface area contributed by atoms with Crippen LogP contribution in [-0.2, 0) is 11.3 Å². The van der Waals surface area contributed by atoms with Crippen molar-refractivity contribution in [3.05, 3.63) is 64.7 Å². The molecule has 0 saturated carbocycles. The lowest BCUT2D eigenvalue weighted by Gasteiger charge is -2.20. The summed E-state index contributed by atoms with van der Waals surface area (Å²) in [5, 5.41) is 10.2. The van der Waals surface area contributed by atoms with E-state index in [1.54, 1.807) is 4.57 Å². The average molecular weight is 421 g/mol. The molecule has 0 fully saturated rings. The van der Waals surface area contributed by atoms with E-state index in [1.807, 2.05) is 55.5 Å². The number of rotatable bonds is 6. The Kier molecular flexibility index (Phi) is 5.50. The third-order valence-electron chi connectivity index (χ3n) is 5.02. The Labute approximate surface area is 179 Å². The first-order valence-corrected chi connectivity index (χ1v) is 10.3. The van der Waals surface area contributed by atoms with Gasteiger partial charge in [0.25, 0.3) is 0 Å². The highest BCUT2D eigenvalue weighted by Gasteiger charge is 2.23. The summed E-state index contributed by atoms with van der Waals surface area (Å²) in [4.78, 5) is 20.9. The minimum absolute atomic E-state index is 0.0715. The largest absolute Gasteiger partial charge is 0.344 e. The number of nitrogens with zero attached hydrogens (tertiary/aromatic N) is 3. The van der Waals surface area contributed by atoms with Crippen LogP contribution in [0.3, 0.4) is 0 Å². The van der Waals surface area contributed by atoms with Crippen molar-refractivity contribution in [1.82, 2.24) is 30.0 Å². The highest BCUT2D eigenvalue weighted by molar-refractivity contribution is 7.71. The Balaban J connectivity index is 1.58. The van der Waals surface area contributed by atoms with Gasteiger partial charge >= 0.3 is 0 Å². The number of carbonyl (C=O) groups excluding carboxylic acids is 1. The number of carbonyl (C=O) groups is 1. The summed E-state index contributed by atoms with van der Waals surface area (Å²) in [6.07, 6.45) is 0. The minimum Gasteiger partial charge on any atom is -0.344 e. The van der Waals surface area contributed by atoms with Crippen molar-refractivity contribution in [2.45, 2.75) is 33.4 Å². The van der Waals surface area contributed by atoms with Gasteiger partial charge in [-0.1, -0.05) is 49.7 Å². The zero-order valence-electron chi connectivity index (χ0n) is 17.1. The summed E-state index contributed by atoms with van der Waals surface area (Å²) in [6.45, 7) is 6.20. The molecule has 2 aromatic carbocycles. The first-order chi connectivity index (χ1) is 14.4. The number of benzene rings is 2. The average Bonchev–Trinajstić information content (AvgIpc) is 3.29. The zero-order chi connectivity index (χ0) is 21.3. The second-order valence-electron chi connectivity index (χ2n) is 7.74. The predicted octanol–water partition coefficient (Wildman–Crippen LogP) is 4.31. The molecule has 3 N–H and O–H groups in total. The first kappa shape index (κ1) is 20.0. The molecular formula is C22H24N6OS. The molecule has 0 bridgehead atoms. The number of para-hydroxylation sites is 2. The molecule has 0 saturated heterocycles. The van der Waals surface area contributed by atoms with E-state index in [4.69, 9.17) is 12.2 Å². The van der Waals surface area contributed by atoms with Gasteiger partial charge in [-0.15, -0.1) is 0 Å². The van der Waals surface area contributed by atoms with Gasteiger partial charge in [0.1, 0.15) is 12.4 Å². The maximum atomic E-state index is 13.0. The van der Waals surface area contributed by atoms with Gasteiger partial charge in [0.2, 0.25) is 5.91 Å². The molecule has 1 amide bonds. The normalized spacial score (nSPS) is 12.4. The van der Waals surface area contributed by atoms with Gasteiger partial charge < -0.3 is 10.3 Å². The molecule has 30 heavy (non-hydrogen) atoms. The van der Waals surface area contributed by atoms with Crippen molar-refractivity contribution in [3.8, 4) is 11.4 Å². The molecule has 1 unspecified atom stereocenters. The SMILES string of the molecule is Cc1cccc(-c2n[nH]c(=S)n2CC(=O)NC(c2nc3ccccc3[nH]2)C(C)C)c1. The van der Waals surface area contributed by atoms with Crippen LogP contribution in [0.2, 0.25) is 0 Å². The lowest BCUT2D eigenvalue weighted by atomic mass is 10.0. The molecule has 0 aliphatic carbocycles. The Morgan fingerprint density at radius 2 is 2.00 bits per heavy atom. The fourth-order valence-electron chi connectivity index (χ4n) is 3.50. The molecule has 0 radical (unpaired) electrons. The second kappa shape index (κ2) is 8.23. The van der Waals surface area contributed by atoms with E-state index >= 15 is 0 Å². The summed E-state index contributed by atoms with van der Waals surface area (Å²) in [5.74, 6) is 1.39. The lowest BCUT2D eigenvalue weighted by Crippen LogP contribution is -2.35. The monoisotopic (exact) mass is 420 g/mol. The molecule has 1 atom stereocenters. The number of H-pyrrole nitrogens is 2. The molecule has 4 rings (SSSR count). The minimum atomic E-state index is -0.242. The van der Waals surface area contributed by atoms with E-state index in [-0.39, 0.29) is 24.4 Å². The van der Waals surface area contributed by atoms with Crippen LogP contribution in [0.5, 0.6) is 0 Å². The smallest absolute Gasteiger partial charge is 0.240 e. The number of amides is 1. The summed E-state index contributed by atoms with van der Waals surface area (Å²) in [7, 11) is 0. The molecule has 0 aliphatic rings. The van der Waals surface area contributed by atoms with Crippen molar-refractivity contribution < 1.29 is 4.79 Å². The van der Waals surface area contributed by atoms with E-state index in [9.17, 15) is 4.79 Å². The second-order valence-corrected chi connectivity index (χ2v) is 8.12. The van der Waals surface area contributed by atoms with Crippen LogP contribution in [0, 0.1) is 17.6 Å². The number of hydrogen-bond donors (Lipinski definition) is 3. The predicted molar refractivity (Wildman–Crippen MR) is 119 cm³/mol. The van der Waals surface area contributed by atoms with E-state index in [2.05, 4.69) is 39.3 Å². The number of aromatic nitrogens is 5. The molecule has 7 nitrogen and oxygen atoms in total. The lowest BCUT2D eigenvalue weighted by molar-refractivity contribution is -0.122. The van der Waals surface area contributed by atoms with Crippen LogP contribution in [0.25, 0.3) is 22.4 Å². The van der Waals surface area contributed by atoms with Crippen LogP contribution in [0.1, 0.15) is 31.3 Å². The van der Waals surface area contributed by atoms with Crippen LogP contribution >= 0.6 is 12.2 Å². The number of imidazole rings is 1. The van der Waals surface area contributed by atoms with Crippen molar-refractivity contribution >= 4 is 29.2 Å². The summed E-state index contributed by atoms with van der Waals surface area (Å²) in [6, 6.07) is 15.5. The molecule has 4 aromatic rings. The number of hydrogen-bond acceptors (Lipinski definition) is 4. The van der Waals surface area contributed by atoms with Crippen molar-refractivity contribution in [2.75, 3.05) is 0 Å². The fraction of sp³-hybridized carbons (Fsp3) is 0.273.